The number of carbonyl (C=O) groups excluding carboxylic acids is 2. The van der Waals surface area contributed by atoms with Gasteiger partial charge in [0.25, 0.3) is 0 Å². The third kappa shape index (κ3) is 59.7. The first-order valence-electron chi connectivity index (χ1n) is 33.5. The number of nitrogens with one attached hydrogen (secondary N) is 1. The Morgan fingerprint density at radius 1 is 0.370 bits per heavy atom. The second kappa shape index (κ2) is 63.1. The van der Waals surface area contributed by atoms with E-state index in [-0.39, 0.29) is 18.5 Å². The smallest absolute Gasteiger partial charge is 0.305 e. The van der Waals surface area contributed by atoms with Crippen molar-refractivity contribution >= 4 is 11.9 Å². The van der Waals surface area contributed by atoms with Crippen LogP contribution in [-0.4, -0.2) is 47.4 Å². The highest BCUT2D eigenvalue weighted by molar-refractivity contribution is 5.76. The molecule has 3 N–H and O–H groups in total. The van der Waals surface area contributed by atoms with Crippen molar-refractivity contribution in [1.29, 1.82) is 0 Å². The molecule has 0 fully saturated rings. The molecule has 6 nitrogen and oxygen atoms in total. The lowest BCUT2D eigenvalue weighted by Gasteiger charge is -2.20. The number of rotatable bonds is 63. The average Bonchev–Trinajstić information content (AvgIpc) is 3.39. The van der Waals surface area contributed by atoms with E-state index in [4.69, 9.17) is 4.74 Å². The summed E-state index contributed by atoms with van der Waals surface area (Å²) in [6, 6.07) is -0.636. The topological polar surface area (TPSA) is 95.9 Å². The molecule has 0 heterocycles. The van der Waals surface area contributed by atoms with Gasteiger partial charge in [-0.3, -0.25) is 9.59 Å². The maximum absolute atomic E-state index is 12.5. The molecule has 0 spiro atoms. The molecule has 0 aliphatic heterocycles. The maximum atomic E-state index is 12.5. The highest BCUT2D eigenvalue weighted by Crippen LogP contribution is 2.19. The summed E-state index contributed by atoms with van der Waals surface area (Å²) < 4.78 is 5.50. The fourth-order valence-corrected chi connectivity index (χ4v) is 10.7. The average molecular weight is 1030 g/mol. The zero-order valence-corrected chi connectivity index (χ0v) is 49.6. The number of aliphatic hydroxyl groups is 2. The largest absolute Gasteiger partial charge is 0.466 e. The van der Waals surface area contributed by atoms with E-state index in [1.54, 1.807) is 6.08 Å². The lowest BCUT2D eigenvalue weighted by atomic mass is 10.0. The molecular formula is C67H131NO5. The second-order valence-corrected chi connectivity index (χ2v) is 23.2. The SMILES string of the molecule is CCCCCCCCCCCCCCCCCCCCCCC/C=C/C(O)C(CO)NC(=O)CCCCCCCCCCCCCCCCOC(=O)CCCCCCCCCCCCCCCCCCCCC. The van der Waals surface area contributed by atoms with Crippen LogP contribution < -0.4 is 5.32 Å². The van der Waals surface area contributed by atoms with Crippen molar-refractivity contribution in [3.63, 3.8) is 0 Å². The molecule has 6 heteroatoms. The van der Waals surface area contributed by atoms with Gasteiger partial charge in [-0.15, -0.1) is 0 Å². The molecule has 2 atom stereocenters. The summed E-state index contributed by atoms with van der Waals surface area (Å²) in [6.07, 6.45) is 76.9. The zero-order chi connectivity index (χ0) is 52.9. The minimum Gasteiger partial charge on any atom is -0.466 e. The molecular weight excluding hydrogens is 899 g/mol. The summed E-state index contributed by atoms with van der Waals surface area (Å²) in [6.45, 7) is 4.93. The number of allylic oxidation sites excluding steroid dienone is 1. The summed E-state index contributed by atoms with van der Waals surface area (Å²) in [4.78, 5) is 24.6. The van der Waals surface area contributed by atoms with Crippen molar-refractivity contribution in [2.24, 2.45) is 0 Å². The Morgan fingerprint density at radius 2 is 0.630 bits per heavy atom. The van der Waals surface area contributed by atoms with E-state index in [0.29, 0.717) is 19.4 Å². The first-order chi connectivity index (χ1) is 36.0. The summed E-state index contributed by atoms with van der Waals surface area (Å²) in [5.41, 5.74) is 0. The van der Waals surface area contributed by atoms with Crippen LogP contribution in [0.2, 0.25) is 0 Å². The minimum atomic E-state index is -0.852. The van der Waals surface area contributed by atoms with Crippen molar-refractivity contribution in [1.82, 2.24) is 5.32 Å². The van der Waals surface area contributed by atoms with Crippen molar-refractivity contribution in [2.75, 3.05) is 13.2 Å². The van der Waals surface area contributed by atoms with Gasteiger partial charge < -0.3 is 20.3 Å². The Bertz CT molecular complexity index is 1100. The van der Waals surface area contributed by atoms with Crippen LogP contribution in [0.5, 0.6) is 0 Å². The van der Waals surface area contributed by atoms with Crippen LogP contribution in [0.25, 0.3) is 0 Å². The lowest BCUT2D eigenvalue weighted by molar-refractivity contribution is -0.143. The maximum Gasteiger partial charge on any atom is 0.305 e. The third-order valence-electron chi connectivity index (χ3n) is 15.8. The molecule has 2 unspecified atom stereocenters. The van der Waals surface area contributed by atoms with Gasteiger partial charge in [-0.1, -0.05) is 347 Å². The van der Waals surface area contributed by atoms with Gasteiger partial charge in [0.05, 0.1) is 25.4 Å². The predicted molar refractivity (Wildman–Crippen MR) is 320 cm³/mol. The molecule has 0 saturated heterocycles. The summed E-state index contributed by atoms with van der Waals surface area (Å²) in [5, 5.41) is 23.2. The van der Waals surface area contributed by atoms with Crippen LogP contribution in [0.1, 0.15) is 380 Å². The van der Waals surface area contributed by atoms with E-state index in [2.05, 4.69) is 19.2 Å². The molecule has 0 aliphatic rings. The van der Waals surface area contributed by atoms with Crippen LogP contribution in [0.4, 0.5) is 0 Å². The molecule has 0 aromatic heterocycles. The third-order valence-corrected chi connectivity index (χ3v) is 15.8. The van der Waals surface area contributed by atoms with E-state index in [1.807, 2.05) is 6.08 Å². The highest BCUT2D eigenvalue weighted by Gasteiger charge is 2.18. The van der Waals surface area contributed by atoms with Crippen LogP contribution in [-0.2, 0) is 14.3 Å². The Morgan fingerprint density at radius 3 is 0.932 bits per heavy atom. The Hall–Kier alpha value is -1.40. The van der Waals surface area contributed by atoms with E-state index in [1.165, 1.54) is 295 Å². The first-order valence-corrected chi connectivity index (χ1v) is 33.5. The van der Waals surface area contributed by atoms with Crippen LogP contribution >= 0.6 is 0 Å². The number of unbranched alkanes of at least 4 members (excludes halogenated alkanes) is 52. The number of amides is 1. The van der Waals surface area contributed by atoms with Crippen LogP contribution in [0.15, 0.2) is 12.2 Å². The standard InChI is InChI=1S/C67H131NO5/c1-3-5-7-9-11-13-15-17-19-21-23-24-25-26-28-29-31-35-39-43-47-51-55-59-65(70)64(63-69)68-66(71)60-56-52-48-44-40-36-33-34-38-42-46-50-54-58-62-73-67(72)61-57-53-49-45-41-37-32-30-27-22-20-18-16-14-12-10-8-6-4-2/h55,59,64-65,69-70H,3-54,56-58,60-63H2,1-2H3,(H,68,71)/b59-55+. The van der Waals surface area contributed by atoms with Crippen molar-refractivity contribution in [2.45, 2.75) is 392 Å². The van der Waals surface area contributed by atoms with Crippen molar-refractivity contribution in [3.8, 4) is 0 Å². The van der Waals surface area contributed by atoms with Crippen molar-refractivity contribution < 1.29 is 24.5 Å². The Labute approximate surface area is 457 Å². The fourth-order valence-electron chi connectivity index (χ4n) is 10.7. The predicted octanol–water partition coefficient (Wildman–Crippen LogP) is 21.2. The molecule has 1 amide bonds. The molecule has 0 bridgehead atoms. The van der Waals surface area contributed by atoms with Gasteiger partial charge in [0.2, 0.25) is 5.91 Å². The van der Waals surface area contributed by atoms with Gasteiger partial charge >= 0.3 is 5.97 Å². The van der Waals surface area contributed by atoms with Gasteiger partial charge in [-0.05, 0) is 32.1 Å². The summed E-state index contributed by atoms with van der Waals surface area (Å²) in [7, 11) is 0. The number of carbonyl (C=O) groups is 2. The zero-order valence-electron chi connectivity index (χ0n) is 49.6. The first kappa shape index (κ1) is 71.6. The van der Waals surface area contributed by atoms with Gasteiger partial charge in [-0.2, -0.15) is 0 Å². The fraction of sp³-hybridized carbons (Fsp3) is 0.940. The van der Waals surface area contributed by atoms with Gasteiger partial charge in [0.1, 0.15) is 0 Å². The van der Waals surface area contributed by atoms with E-state index in [0.717, 1.165) is 57.8 Å². The lowest BCUT2D eigenvalue weighted by Crippen LogP contribution is -2.45. The van der Waals surface area contributed by atoms with E-state index < -0.39 is 12.1 Å². The van der Waals surface area contributed by atoms with Crippen LogP contribution in [0, 0.1) is 0 Å². The minimum absolute atomic E-state index is 0.00271. The van der Waals surface area contributed by atoms with Gasteiger partial charge in [-0.25, -0.2) is 0 Å². The quantitative estimate of drug-likeness (QED) is 0.0320. The number of hydrogen-bond donors (Lipinski definition) is 3. The number of aliphatic hydroxyl groups excluding tert-OH is 2. The molecule has 0 aliphatic carbocycles. The van der Waals surface area contributed by atoms with E-state index in [9.17, 15) is 19.8 Å². The second-order valence-electron chi connectivity index (χ2n) is 23.2. The normalized spacial score (nSPS) is 12.5. The van der Waals surface area contributed by atoms with Crippen LogP contribution in [0.3, 0.4) is 0 Å². The van der Waals surface area contributed by atoms with Crippen molar-refractivity contribution in [3.05, 3.63) is 12.2 Å². The molecule has 0 radical (unpaired) electrons. The molecule has 0 rings (SSSR count). The Kier molecular flexibility index (Phi) is 61.9. The highest BCUT2D eigenvalue weighted by atomic mass is 16.5. The number of ether oxygens (including phenoxy) is 1. The number of esters is 1. The number of hydrogen-bond acceptors (Lipinski definition) is 5. The van der Waals surface area contributed by atoms with Gasteiger partial charge in [0.15, 0.2) is 0 Å². The van der Waals surface area contributed by atoms with E-state index >= 15 is 0 Å². The molecule has 434 valence electrons. The molecule has 0 aromatic carbocycles. The molecule has 73 heavy (non-hydrogen) atoms. The molecule has 0 saturated carbocycles. The molecule has 0 aromatic rings. The Balaban J connectivity index is 3.43. The monoisotopic (exact) mass is 1030 g/mol. The summed E-state index contributed by atoms with van der Waals surface area (Å²) >= 11 is 0. The van der Waals surface area contributed by atoms with Gasteiger partial charge in [0, 0.05) is 12.8 Å². The summed E-state index contributed by atoms with van der Waals surface area (Å²) in [5.74, 6) is -0.0708.